The van der Waals surface area contributed by atoms with Crippen molar-refractivity contribution in [1.29, 1.82) is 0 Å². The van der Waals surface area contributed by atoms with Crippen LogP contribution in [-0.4, -0.2) is 78.9 Å². The van der Waals surface area contributed by atoms with Crippen molar-refractivity contribution in [3.63, 3.8) is 0 Å². The molecule has 1 aliphatic heterocycles. The normalized spacial score (nSPS) is 14.8. The van der Waals surface area contributed by atoms with Gasteiger partial charge < -0.3 is 20.1 Å². The van der Waals surface area contributed by atoms with Gasteiger partial charge >= 0.3 is 5.97 Å². The molecular formula is C37H46N4O7. The zero-order chi connectivity index (χ0) is 35.2. The summed E-state index contributed by atoms with van der Waals surface area (Å²) < 4.78 is 11.2. The highest BCUT2D eigenvalue weighted by Gasteiger charge is 2.38. The fourth-order valence-corrected chi connectivity index (χ4v) is 5.79. The molecule has 48 heavy (non-hydrogen) atoms. The summed E-state index contributed by atoms with van der Waals surface area (Å²) >= 11 is 0. The van der Waals surface area contributed by atoms with Crippen LogP contribution in [0.5, 0.6) is 5.75 Å². The molecule has 3 N–H and O–H groups in total. The Morgan fingerprint density at radius 3 is 2.12 bits per heavy atom. The quantitative estimate of drug-likeness (QED) is 0.174. The van der Waals surface area contributed by atoms with Crippen molar-refractivity contribution in [2.24, 2.45) is 5.92 Å². The first-order chi connectivity index (χ1) is 22.7. The summed E-state index contributed by atoms with van der Waals surface area (Å²) in [5.41, 5.74) is 0.577. The summed E-state index contributed by atoms with van der Waals surface area (Å²) in [6.07, 6.45) is 0.614. The molecule has 0 bridgehead atoms. The maximum Gasteiger partial charge on any atom is 0.323 e. The molecule has 1 heterocycles. The Balaban J connectivity index is 1.57. The molecule has 0 aromatic heterocycles. The Hall–Kier alpha value is -4.77. The van der Waals surface area contributed by atoms with Crippen molar-refractivity contribution < 1.29 is 33.4 Å². The number of hydrogen-bond donors (Lipinski definition) is 3. The van der Waals surface area contributed by atoms with Crippen molar-refractivity contribution in [3.05, 3.63) is 77.4 Å². The number of fused-ring (bicyclic) bond motifs is 2. The van der Waals surface area contributed by atoms with Crippen LogP contribution >= 0.6 is 0 Å². The zero-order valence-electron chi connectivity index (χ0n) is 28.7. The number of likely N-dealkylation sites (N-methyl/N-ethyl adjacent to an activating group) is 1. The number of amides is 4. The van der Waals surface area contributed by atoms with Gasteiger partial charge in [-0.05, 0) is 68.7 Å². The standard InChI is InChI=1S/C37H46N4O7/c1-22(2)18-29(33(43)40-30(32(42)38-6)19-23-12-9-8-10-13-23)39-28(36(46)48-37(3,4)5)16-17-41-34(44)26-20-24-14-11-15-31(47-7)25(24)21-27(26)35(41)45/h8-15,20-22,28-30,39H,16-19H2,1-7H3,(H,38,42)(H,40,43)/t28-,29+,30+/m1/s1. The molecule has 1 aliphatic rings. The van der Waals surface area contributed by atoms with Gasteiger partial charge in [0.15, 0.2) is 0 Å². The molecule has 11 heteroatoms. The van der Waals surface area contributed by atoms with Gasteiger partial charge in [0.2, 0.25) is 11.8 Å². The second-order valence-corrected chi connectivity index (χ2v) is 13.4. The van der Waals surface area contributed by atoms with Crippen LogP contribution in [0.1, 0.15) is 73.7 Å². The summed E-state index contributed by atoms with van der Waals surface area (Å²) in [4.78, 5) is 68.3. The van der Waals surface area contributed by atoms with Crippen LogP contribution in [-0.2, 0) is 25.5 Å². The van der Waals surface area contributed by atoms with Crippen LogP contribution in [0.2, 0.25) is 0 Å². The first kappa shape index (κ1) is 36.1. The Bertz CT molecular complexity index is 1670. The largest absolute Gasteiger partial charge is 0.496 e. The number of rotatable bonds is 14. The van der Waals surface area contributed by atoms with Crippen molar-refractivity contribution >= 4 is 40.4 Å². The minimum atomic E-state index is -1.05. The van der Waals surface area contributed by atoms with E-state index in [1.54, 1.807) is 46.1 Å². The van der Waals surface area contributed by atoms with E-state index in [0.717, 1.165) is 15.8 Å². The molecule has 0 saturated carbocycles. The number of benzene rings is 3. The SMILES string of the molecule is CNC(=O)[C@H](Cc1ccccc1)NC(=O)[C@H](CC(C)C)N[C@H](CCN1C(=O)c2cc3cccc(OC)c3cc2C1=O)C(=O)OC(C)(C)C. The van der Waals surface area contributed by atoms with Crippen molar-refractivity contribution in [3.8, 4) is 5.75 Å². The predicted molar refractivity (Wildman–Crippen MR) is 183 cm³/mol. The lowest BCUT2D eigenvalue weighted by atomic mass is 9.99. The topological polar surface area (TPSA) is 143 Å². The lowest BCUT2D eigenvalue weighted by molar-refractivity contribution is -0.158. The Morgan fingerprint density at radius 2 is 1.52 bits per heavy atom. The maximum atomic E-state index is 13.8. The lowest BCUT2D eigenvalue weighted by Gasteiger charge is -2.30. The number of methoxy groups -OCH3 is 1. The molecule has 0 radical (unpaired) electrons. The average molecular weight is 659 g/mol. The zero-order valence-corrected chi connectivity index (χ0v) is 28.7. The lowest BCUT2D eigenvalue weighted by Crippen LogP contribution is -2.57. The number of nitrogens with one attached hydrogen (secondary N) is 3. The van der Waals surface area contributed by atoms with Gasteiger partial charge in [0, 0.05) is 25.4 Å². The second-order valence-electron chi connectivity index (χ2n) is 13.4. The molecule has 3 atom stereocenters. The van der Waals surface area contributed by atoms with Crippen molar-refractivity contribution in [1.82, 2.24) is 20.9 Å². The van der Waals surface area contributed by atoms with Crippen LogP contribution in [0.25, 0.3) is 10.8 Å². The third kappa shape index (κ3) is 8.77. The van der Waals surface area contributed by atoms with E-state index in [1.165, 1.54) is 7.05 Å². The molecular weight excluding hydrogens is 612 g/mol. The van der Waals surface area contributed by atoms with Crippen molar-refractivity contribution in [2.45, 2.75) is 77.6 Å². The summed E-state index contributed by atoms with van der Waals surface area (Å²) in [7, 11) is 3.05. The van der Waals surface area contributed by atoms with Crippen molar-refractivity contribution in [2.75, 3.05) is 20.7 Å². The van der Waals surface area contributed by atoms with Crippen LogP contribution < -0.4 is 20.7 Å². The molecule has 3 aromatic rings. The van der Waals surface area contributed by atoms with E-state index in [2.05, 4.69) is 16.0 Å². The van der Waals surface area contributed by atoms with Gasteiger partial charge in [0.25, 0.3) is 11.8 Å². The number of carbonyl (C=O) groups excluding carboxylic acids is 5. The van der Waals surface area contributed by atoms with E-state index in [9.17, 15) is 24.0 Å². The van der Waals surface area contributed by atoms with Crippen LogP contribution in [0.15, 0.2) is 60.7 Å². The minimum Gasteiger partial charge on any atom is -0.496 e. The van der Waals surface area contributed by atoms with E-state index < -0.39 is 47.4 Å². The second kappa shape index (κ2) is 15.4. The summed E-state index contributed by atoms with van der Waals surface area (Å²) in [6, 6.07) is 15.3. The molecule has 4 amide bonds. The summed E-state index contributed by atoms with van der Waals surface area (Å²) in [6.45, 7) is 9.01. The van der Waals surface area contributed by atoms with E-state index >= 15 is 0 Å². The molecule has 256 valence electrons. The van der Waals surface area contributed by atoms with Gasteiger partial charge in [-0.25, -0.2) is 0 Å². The van der Waals surface area contributed by atoms with E-state index in [4.69, 9.17) is 9.47 Å². The Labute approximate surface area is 281 Å². The highest BCUT2D eigenvalue weighted by Crippen LogP contribution is 2.33. The summed E-state index contributed by atoms with van der Waals surface area (Å²) in [5.74, 6) is -1.74. The van der Waals surface area contributed by atoms with Gasteiger partial charge in [0.1, 0.15) is 23.4 Å². The number of nitrogens with zero attached hydrogens (tertiary/aromatic N) is 1. The van der Waals surface area contributed by atoms with Crippen LogP contribution in [0, 0.1) is 5.92 Å². The molecule has 3 aromatic carbocycles. The Kier molecular flexibility index (Phi) is 11.6. The molecule has 0 saturated heterocycles. The van der Waals surface area contributed by atoms with Crippen LogP contribution in [0.3, 0.4) is 0 Å². The number of esters is 1. The van der Waals surface area contributed by atoms with E-state index in [-0.39, 0.29) is 42.3 Å². The van der Waals surface area contributed by atoms with E-state index in [0.29, 0.717) is 17.6 Å². The highest BCUT2D eigenvalue weighted by molar-refractivity contribution is 6.23. The fourth-order valence-electron chi connectivity index (χ4n) is 5.79. The molecule has 11 nitrogen and oxygen atoms in total. The number of hydrogen-bond acceptors (Lipinski definition) is 8. The molecule has 0 spiro atoms. The average Bonchev–Trinajstić information content (AvgIpc) is 3.27. The van der Waals surface area contributed by atoms with Crippen LogP contribution in [0.4, 0.5) is 0 Å². The number of imide groups is 1. The first-order valence-electron chi connectivity index (χ1n) is 16.2. The summed E-state index contributed by atoms with van der Waals surface area (Å²) in [5, 5.41) is 10.1. The third-order valence-corrected chi connectivity index (χ3v) is 8.07. The van der Waals surface area contributed by atoms with Gasteiger partial charge in [0.05, 0.1) is 24.3 Å². The van der Waals surface area contributed by atoms with Gasteiger partial charge in [-0.2, -0.15) is 0 Å². The van der Waals surface area contributed by atoms with Gasteiger partial charge in [-0.15, -0.1) is 0 Å². The molecule has 0 aliphatic carbocycles. The highest BCUT2D eigenvalue weighted by atomic mass is 16.6. The molecule has 4 rings (SSSR count). The maximum absolute atomic E-state index is 13.8. The smallest absolute Gasteiger partial charge is 0.323 e. The van der Waals surface area contributed by atoms with Gasteiger partial charge in [-0.3, -0.25) is 34.2 Å². The number of carbonyl (C=O) groups is 5. The Morgan fingerprint density at radius 1 is 0.854 bits per heavy atom. The van der Waals surface area contributed by atoms with Gasteiger partial charge in [-0.1, -0.05) is 56.3 Å². The predicted octanol–water partition coefficient (Wildman–Crippen LogP) is 4.02. The molecule has 0 fully saturated rings. The number of ether oxygens (including phenoxy) is 2. The third-order valence-electron chi connectivity index (χ3n) is 8.07. The minimum absolute atomic E-state index is 0.00596. The fraction of sp³-hybridized carbons (Fsp3) is 0.432. The molecule has 0 unspecified atom stereocenters. The van der Waals surface area contributed by atoms with E-state index in [1.807, 2.05) is 56.3 Å². The monoisotopic (exact) mass is 658 g/mol. The first-order valence-corrected chi connectivity index (χ1v) is 16.2.